The lowest BCUT2D eigenvalue weighted by Gasteiger charge is -2.47. The Hall–Kier alpha value is -0.120. The van der Waals surface area contributed by atoms with Gasteiger partial charge in [0.15, 0.2) is 0 Å². The SMILES string of the molecule is CCC1COCCN1C(C)(CC)CN. The lowest BCUT2D eigenvalue weighted by atomic mass is 9.93. The van der Waals surface area contributed by atoms with E-state index in [2.05, 4.69) is 25.7 Å². The zero-order chi connectivity index (χ0) is 10.6. The molecule has 0 aliphatic carbocycles. The number of nitrogens with two attached hydrogens (primary N) is 1. The summed E-state index contributed by atoms with van der Waals surface area (Å²) < 4.78 is 5.50. The van der Waals surface area contributed by atoms with E-state index in [1.807, 2.05) is 0 Å². The number of hydrogen-bond donors (Lipinski definition) is 1. The molecule has 0 radical (unpaired) electrons. The summed E-state index contributed by atoms with van der Waals surface area (Å²) in [6.07, 6.45) is 2.26. The highest BCUT2D eigenvalue weighted by Gasteiger charge is 2.34. The van der Waals surface area contributed by atoms with Gasteiger partial charge in [-0.05, 0) is 19.8 Å². The molecule has 2 atom stereocenters. The second kappa shape index (κ2) is 5.10. The molecule has 14 heavy (non-hydrogen) atoms. The average Bonchev–Trinajstić information content (AvgIpc) is 2.28. The number of rotatable bonds is 4. The Morgan fingerprint density at radius 3 is 2.71 bits per heavy atom. The summed E-state index contributed by atoms with van der Waals surface area (Å²) in [4.78, 5) is 2.54. The van der Waals surface area contributed by atoms with Gasteiger partial charge in [0.25, 0.3) is 0 Å². The monoisotopic (exact) mass is 200 g/mol. The van der Waals surface area contributed by atoms with Gasteiger partial charge in [-0.25, -0.2) is 0 Å². The van der Waals surface area contributed by atoms with Crippen molar-refractivity contribution < 1.29 is 4.74 Å². The van der Waals surface area contributed by atoms with Gasteiger partial charge in [0.1, 0.15) is 0 Å². The van der Waals surface area contributed by atoms with Crippen molar-refractivity contribution in [2.75, 3.05) is 26.3 Å². The van der Waals surface area contributed by atoms with Crippen LogP contribution < -0.4 is 5.73 Å². The molecule has 2 unspecified atom stereocenters. The molecule has 0 amide bonds. The van der Waals surface area contributed by atoms with Gasteiger partial charge in [-0.3, -0.25) is 4.90 Å². The van der Waals surface area contributed by atoms with Crippen LogP contribution in [0.15, 0.2) is 0 Å². The summed E-state index contributed by atoms with van der Waals surface area (Å²) in [5.74, 6) is 0. The van der Waals surface area contributed by atoms with E-state index < -0.39 is 0 Å². The number of hydrogen-bond acceptors (Lipinski definition) is 3. The van der Waals surface area contributed by atoms with Crippen LogP contribution in [0.1, 0.15) is 33.6 Å². The summed E-state index contributed by atoms with van der Waals surface area (Å²) in [5, 5.41) is 0. The number of ether oxygens (including phenoxy) is 1. The topological polar surface area (TPSA) is 38.5 Å². The van der Waals surface area contributed by atoms with Crippen LogP contribution in [-0.4, -0.2) is 42.8 Å². The van der Waals surface area contributed by atoms with Crippen LogP contribution in [0.3, 0.4) is 0 Å². The second-order valence-corrected chi connectivity index (χ2v) is 4.38. The van der Waals surface area contributed by atoms with Crippen LogP contribution in [-0.2, 0) is 4.74 Å². The molecule has 0 aromatic heterocycles. The standard InChI is InChI=1S/C11H24N2O/c1-4-10-8-14-7-6-13(10)11(3,5-2)9-12/h10H,4-9,12H2,1-3H3. The Bertz CT molecular complexity index is 169. The Kier molecular flexibility index (Phi) is 4.35. The lowest BCUT2D eigenvalue weighted by molar-refractivity contribution is -0.0594. The second-order valence-electron chi connectivity index (χ2n) is 4.38. The Balaban J connectivity index is 2.70. The maximum absolute atomic E-state index is 5.88. The molecular weight excluding hydrogens is 176 g/mol. The highest BCUT2D eigenvalue weighted by molar-refractivity contribution is 4.91. The van der Waals surface area contributed by atoms with Crippen molar-refractivity contribution in [3.05, 3.63) is 0 Å². The molecule has 2 N–H and O–H groups in total. The normalized spacial score (nSPS) is 28.7. The molecule has 0 saturated carbocycles. The van der Waals surface area contributed by atoms with E-state index in [4.69, 9.17) is 10.5 Å². The minimum absolute atomic E-state index is 0.157. The highest BCUT2D eigenvalue weighted by Crippen LogP contribution is 2.24. The first-order chi connectivity index (χ1) is 6.68. The van der Waals surface area contributed by atoms with Crippen molar-refractivity contribution in [3.63, 3.8) is 0 Å². The largest absolute Gasteiger partial charge is 0.378 e. The molecule has 1 saturated heterocycles. The predicted octanol–water partition coefficient (Wildman–Crippen LogP) is 1.22. The third-order valence-electron chi connectivity index (χ3n) is 3.59. The molecule has 1 aliphatic rings. The fourth-order valence-corrected chi connectivity index (χ4v) is 2.17. The number of morpholine rings is 1. The average molecular weight is 200 g/mol. The van der Waals surface area contributed by atoms with Crippen LogP contribution in [0.25, 0.3) is 0 Å². The molecule has 1 aliphatic heterocycles. The van der Waals surface area contributed by atoms with Crippen molar-refractivity contribution >= 4 is 0 Å². The Morgan fingerprint density at radius 2 is 2.21 bits per heavy atom. The first-order valence-corrected chi connectivity index (χ1v) is 5.72. The molecular formula is C11H24N2O. The molecule has 84 valence electrons. The molecule has 0 aromatic carbocycles. The lowest BCUT2D eigenvalue weighted by Crippen LogP contribution is -2.59. The van der Waals surface area contributed by atoms with Crippen LogP contribution >= 0.6 is 0 Å². The summed E-state index contributed by atoms with van der Waals surface area (Å²) >= 11 is 0. The highest BCUT2D eigenvalue weighted by atomic mass is 16.5. The van der Waals surface area contributed by atoms with Gasteiger partial charge >= 0.3 is 0 Å². The zero-order valence-electron chi connectivity index (χ0n) is 9.75. The molecule has 0 aromatic rings. The first kappa shape index (κ1) is 12.0. The maximum Gasteiger partial charge on any atom is 0.0622 e. The molecule has 3 heteroatoms. The van der Waals surface area contributed by atoms with Crippen molar-refractivity contribution in [2.45, 2.75) is 45.2 Å². The smallest absolute Gasteiger partial charge is 0.0622 e. The van der Waals surface area contributed by atoms with E-state index in [0.29, 0.717) is 6.04 Å². The minimum atomic E-state index is 0.157. The van der Waals surface area contributed by atoms with Gasteiger partial charge in [-0.15, -0.1) is 0 Å². The van der Waals surface area contributed by atoms with Crippen molar-refractivity contribution in [1.82, 2.24) is 4.90 Å². The quantitative estimate of drug-likeness (QED) is 0.741. The molecule has 1 rings (SSSR count). The van der Waals surface area contributed by atoms with E-state index in [0.717, 1.165) is 39.1 Å². The third kappa shape index (κ3) is 2.27. The van der Waals surface area contributed by atoms with E-state index >= 15 is 0 Å². The van der Waals surface area contributed by atoms with E-state index in [1.54, 1.807) is 0 Å². The molecule has 0 bridgehead atoms. The Morgan fingerprint density at radius 1 is 1.50 bits per heavy atom. The van der Waals surface area contributed by atoms with E-state index in [-0.39, 0.29) is 5.54 Å². The van der Waals surface area contributed by atoms with Gasteiger partial charge < -0.3 is 10.5 Å². The Labute approximate surface area is 87.6 Å². The summed E-state index contributed by atoms with van der Waals surface area (Å²) in [6.45, 7) is 10.2. The summed E-state index contributed by atoms with van der Waals surface area (Å²) in [7, 11) is 0. The van der Waals surface area contributed by atoms with Gasteiger partial charge in [-0.1, -0.05) is 13.8 Å². The van der Waals surface area contributed by atoms with Gasteiger partial charge in [0, 0.05) is 24.7 Å². The molecule has 1 heterocycles. The van der Waals surface area contributed by atoms with Crippen LogP contribution in [0.2, 0.25) is 0 Å². The van der Waals surface area contributed by atoms with Crippen molar-refractivity contribution in [3.8, 4) is 0 Å². The minimum Gasteiger partial charge on any atom is -0.378 e. The zero-order valence-corrected chi connectivity index (χ0v) is 9.75. The maximum atomic E-state index is 5.88. The first-order valence-electron chi connectivity index (χ1n) is 5.72. The summed E-state index contributed by atoms with van der Waals surface area (Å²) in [6, 6.07) is 0.553. The molecule has 3 nitrogen and oxygen atoms in total. The van der Waals surface area contributed by atoms with Crippen LogP contribution in [0.5, 0.6) is 0 Å². The van der Waals surface area contributed by atoms with E-state index in [9.17, 15) is 0 Å². The van der Waals surface area contributed by atoms with Crippen LogP contribution in [0.4, 0.5) is 0 Å². The van der Waals surface area contributed by atoms with Crippen molar-refractivity contribution in [2.24, 2.45) is 5.73 Å². The van der Waals surface area contributed by atoms with Crippen LogP contribution in [0, 0.1) is 0 Å². The third-order valence-corrected chi connectivity index (χ3v) is 3.59. The van der Waals surface area contributed by atoms with Gasteiger partial charge in [0.2, 0.25) is 0 Å². The number of nitrogens with zero attached hydrogens (tertiary/aromatic N) is 1. The molecule has 0 spiro atoms. The predicted molar refractivity (Wildman–Crippen MR) is 59.4 cm³/mol. The summed E-state index contributed by atoms with van der Waals surface area (Å²) in [5.41, 5.74) is 6.04. The van der Waals surface area contributed by atoms with Crippen molar-refractivity contribution in [1.29, 1.82) is 0 Å². The van der Waals surface area contributed by atoms with Gasteiger partial charge in [0.05, 0.1) is 13.2 Å². The van der Waals surface area contributed by atoms with E-state index in [1.165, 1.54) is 0 Å². The fraction of sp³-hybridized carbons (Fsp3) is 1.00. The van der Waals surface area contributed by atoms with Gasteiger partial charge in [-0.2, -0.15) is 0 Å². The fourth-order valence-electron chi connectivity index (χ4n) is 2.17. The molecule has 1 fully saturated rings.